The Hall–Kier alpha value is 0.0869. The topological polar surface area (TPSA) is 0 Å². The molecule has 0 spiro atoms. The average molecular weight is 170 g/mol. The molecule has 0 saturated carbocycles. The molecule has 0 rings (SSSR count). The zero-order valence-electron chi connectivity index (χ0n) is 8.43. The van der Waals surface area contributed by atoms with Crippen LogP contribution in [0.25, 0.3) is 0 Å². The highest BCUT2D eigenvalue weighted by Gasteiger charge is 2.00. The standard InChI is InChI=1S/C10H22Si/c1-5-6-7-8-11-10(4)9(2)3/h8-11H,5-7H2,1-4H3. The van der Waals surface area contributed by atoms with Crippen molar-refractivity contribution in [2.24, 2.45) is 5.92 Å². The van der Waals surface area contributed by atoms with E-state index in [1.54, 1.807) is 0 Å². The number of rotatable bonds is 5. The van der Waals surface area contributed by atoms with E-state index in [1.165, 1.54) is 19.3 Å². The zero-order chi connectivity index (χ0) is 8.69. The van der Waals surface area contributed by atoms with Crippen molar-refractivity contribution >= 4 is 14.8 Å². The molecule has 0 aromatic carbocycles. The van der Waals surface area contributed by atoms with Crippen LogP contribution in [0.3, 0.4) is 0 Å². The Morgan fingerprint density at radius 2 is 1.91 bits per heavy atom. The highest BCUT2D eigenvalue weighted by atomic mass is 28.2. The second-order valence-electron chi connectivity index (χ2n) is 3.67. The van der Waals surface area contributed by atoms with E-state index in [-0.39, 0.29) is 0 Å². The molecular formula is C10H22Si. The smallest absolute Gasteiger partial charge is 0.00863 e. The molecule has 0 radical (unpaired) electrons. The molecule has 0 aromatic heterocycles. The first-order valence-corrected chi connectivity index (χ1v) is 6.18. The Morgan fingerprint density at radius 3 is 2.36 bits per heavy atom. The van der Waals surface area contributed by atoms with Crippen molar-refractivity contribution < 1.29 is 0 Å². The lowest BCUT2D eigenvalue weighted by molar-refractivity contribution is 0.623. The molecular weight excluding hydrogens is 148 g/mol. The largest absolute Gasteiger partial charge is 0.106 e. The fraction of sp³-hybridized carbons (Fsp3) is 0.900. The van der Waals surface area contributed by atoms with Crippen molar-refractivity contribution in [1.82, 2.24) is 0 Å². The molecule has 1 unspecified atom stereocenters. The Kier molecular flexibility index (Phi) is 6.83. The molecule has 0 fully saturated rings. The van der Waals surface area contributed by atoms with Gasteiger partial charge in [-0.3, -0.25) is 0 Å². The third kappa shape index (κ3) is 6.48. The first kappa shape index (κ1) is 11.1. The van der Waals surface area contributed by atoms with E-state index in [4.69, 9.17) is 0 Å². The summed E-state index contributed by atoms with van der Waals surface area (Å²) in [6.07, 6.45) is 4.08. The van der Waals surface area contributed by atoms with Crippen LogP contribution in [0, 0.1) is 5.92 Å². The molecule has 0 aromatic rings. The Labute approximate surface area is 73.8 Å². The van der Waals surface area contributed by atoms with Crippen LogP contribution in [0.4, 0.5) is 0 Å². The van der Waals surface area contributed by atoms with E-state index in [2.05, 4.69) is 33.4 Å². The maximum Gasteiger partial charge on any atom is -0.00863 e. The molecule has 1 atom stereocenters. The summed E-state index contributed by atoms with van der Waals surface area (Å²) in [6.45, 7) is 9.29. The van der Waals surface area contributed by atoms with E-state index in [0.29, 0.717) is 9.13 Å². The monoisotopic (exact) mass is 170 g/mol. The molecule has 66 valence electrons. The fourth-order valence-corrected chi connectivity index (χ4v) is 2.16. The lowest BCUT2D eigenvalue weighted by atomic mass is 10.1. The van der Waals surface area contributed by atoms with E-state index in [0.717, 1.165) is 11.5 Å². The predicted molar refractivity (Wildman–Crippen MR) is 57.0 cm³/mol. The summed E-state index contributed by atoms with van der Waals surface area (Å²) >= 11 is 0. The van der Waals surface area contributed by atoms with Gasteiger partial charge in [0.05, 0.1) is 0 Å². The van der Waals surface area contributed by atoms with Gasteiger partial charge in [-0.15, -0.1) is 5.67 Å². The molecule has 0 N–H and O–H groups in total. The third-order valence-corrected chi connectivity index (χ3v) is 4.20. The first-order chi connectivity index (χ1) is 5.18. The van der Waals surface area contributed by atoms with Gasteiger partial charge in [0, 0.05) is 0 Å². The summed E-state index contributed by atoms with van der Waals surface area (Å²) in [5, 5.41) is 0. The van der Waals surface area contributed by atoms with Crippen LogP contribution in [0.2, 0.25) is 5.54 Å². The summed E-state index contributed by atoms with van der Waals surface area (Å²) in [4.78, 5) is 0. The maximum absolute atomic E-state index is 2.54. The van der Waals surface area contributed by atoms with Crippen LogP contribution in [0.1, 0.15) is 47.0 Å². The van der Waals surface area contributed by atoms with Gasteiger partial charge in [-0.05, 0) is 27.0 Å². The summed E-state index contributed by atoms with van der Waals surface area (Å²) in [7, 11) is 0.607. The van der Waals surface area contributed by atoms with Gasteiger partial charge >= 0.3 is 0 Å². The number of hydrogen-bond donors (Lipinski definition) is 0. The van der Waals surface area contributed by atoms with Gasteiger partial charge < -0.3 is 0 Å². The van der Waals surface area contributed by atoms with E-state index in [9.17, 15) is 0 Å². The van der Waals surface area contributed by atoms with Crippen LogP contribution in [-0.4, -0.2) is 14.8 Å². The van der Waals surface area contributed by atoms with Crippen LogP contribution in [-0.2, 0) is 0 Å². The van der Waals surface area contributed by atoms with Gasteiger partial charge in [0.1, 0.15) is 0 Å². The molecule has 1 heteroatoms. The average Bonchev–Trinajstić information content (AvgIpc) is 1.97. The van der Waals surface area contributed by atoms with Crippen molar-refractivity contribution in [3.63, 3.8) is 0 Å². The van der Waals surface area contributed by atoms with Crippen molar-refractivity contribution in [2.45, 2.75) is 52.5 Å². The summed E-state index contributed by atoms with van der Waals surface area (Å²) in [6, 6.07) is 0. The van der Waals surface area contributed by atoms with Crippen LogP contribution in [0.5, 0.6) is 0 Å². The number of hydrogen-bond acceptors (Lipinski definition) is 0. The third-order valence-electron chi connectivity index (χ3n) is 2.22. The molecule has 0 aliphatic heterocycles. The summed E-state index contributed by atoms with van der Waals surface area (Å²) in [5.41, 5.74) is 3.49. The fourth-order valence-electron chi connectivity index (χ4n) is 0.855. The molecule has 0 bridgehead atoms. The van der Waals surface area contributed by atoms with E-state index < -0.39 is 0 Å². The van der Waals surface area contributed by atoms with Gasteiger partial charge in [-0.2, -0.15) is 0 Å². The molecule has 0 amide bonds. The van der Waals surface area contributed by atoms with Gasteiger partial charge in [0.2, 0.25) is 0 Å². The number of unbranched alkanes of at least 4 members (excludes halogenated alkanes) is 2. The van der Waals surface area contributed by atoms with Crippen molar-refractivity contribution in [1.29, 1.82) is 0 Å². The van der Waals surface area contributed by atoms with Crippen molar-refractivity contribution in [3.8, 4) is 0 Å². The predicted octanol–water partition coefficient (Wildman–Crippen LogP) is 2.88. The van der Waals surface area contributed by atoms with Gasteiger partial charge in [0.25, 0.3) is 0 Å². The van der Waals surface area contributed by atoms with E-state index in [1.807, 2.05) is 0 Å². The molecule has 0 aliphatic carbocycles. The SMILES string of the molecule is CCCCC=[SiH]C(C)C(C)C. The van der Waals surface area contributed by atoms with Crippen LogP contribution >= 0.6 is 0 Å². The van der Waals surface area contributed by atoms with Gasteiger partial charge in [-0.25, -0.2) is 0 Å². The minimum Gasteiger partial charge on any atom is -0.106 e. The molecule has 0 saturated heterocycles. The normalized spacial score (nSPS) is 14.6. The van der Waals surface area contributed by atoms with Gasteiger partial charge in [-0.1, -0.05) is 40.5 Å². The quantitative estimate of drug-likeness (QED) is 0.440. The molecule has 11 heavy (non-hydrogen) atoms. The van der Waals surface area contributed by atoms with Crippen molar-refractivity contribution in [2.75, 3.05) is 0 Å². The Bertz CT molecular complexity index is 105. The summed E-state index contributed by atoms with van der Waals surface area (Å²) in [5.74, 6) is 0.878. The summed E-state index contributed by atoms with van der Waals surface area (Å²) < 4.78 is 0. The molecule has 0 heterocycles. The maximum atomic E-state index is 2.54. The Morgan fingerprint density at radius 1 is 1.27 bits per heavy atom. The Balaban J connectivity index is 3.40. The minimum absolute atomic E-state index is 0.607. The highest BCUT2D eigenvalue weighted by molar-refractivity contribution is 6.48. The van der Waals surface area contributed by atoms with E-state index >= 15 is 0 Å². The lowest BCUT2D eigenvalue weighted by Gasteiger charge is -2.08. The van der Waals surface area contributed by atoms with Crippen molar-refractivity contribution in [3.05, 3.63) is 0 Å². The van der Waals surface area contributed by atoms with Crippen LogP contribution in [0.15, 0.2) is 0 Å². The zero-order valence-corrected chi connectivity index (χ0v) is 9.59. The first-order valence-electron chi connectivity index (χ1n) is 4.85. The minimum atomic E-state index is 0.607. The lowest BCUT2D eigenvalue weighted by Crippen LogP contribution is -2.02. The molecule has 0 aliphatic rings. The second-order valence-corrected chi connectivity index (χ2v) is 5.58. The van der Waals surface area contributed by atoms with Gasteiger partial charge in [0.15, 0.2) is 0 Å². The van der Waals surface area contributed by atoms with Crippen LogP contribution < -0.4 is 0 Å². The highest BCUT2D eigenvalue weighted by Crippen LogP contribution is 2.11. The molecule has 0 nitrogen and oxygen atoms in total. The second kappa shape index (κ2) is 6.78.